The van der Waals surface area contributed by atoms with Gasteiger partial charge in [0.1, 0.15) is 17.6 Å². The predicted molar refractivity (Wildman–Crippen MR) is 103 cm³/mol. The highest BCUT2D eigenvalue weighted by Crippen LogP contribution is 2.31. The number of fused-ring (bicyclic) bond motifs is 1. The van der Waals surface area contributed by atoms with Crippen LogP contribution >= 0.6 is 0 Å². The van der Waals surface area contributed by atoms with Crippen LogP contribution in [-0.2, 0) is 16.4 Å². The summed E-state index contributed by atoms with van der Waals surface area (Å²) in [5, 5.41) is 10.3. The summed E-state index contributed by atoms with van der Waals surface area (Å²) >= 11 is 0. The Bertz CT molecular complexity index is 1000. The summed E-state index contributed by atoms with van der Waals surface area (Å²) in [4.78, 5) is 12.3. The molecule has 0 bridgehead atoms. The standard InChI is InChI=1S/C20H21NO6S/c1-3-6-14-9-10-17(18(11-14)26-2)27-13-15(22)12-21-20(23)16-7-4-5-8-19(16)28(21,24)25/h3-5,7-11,15,22H,1,6,12-13H2,2H3. The molecule has 3 rings (SSSR count). The molecule has 1 heterocycles. The fraction of sp³-hybridized carbons (Fsp3) is 0.250. The van der Waals surface area contributed by atoms with Gasteiger partial charge in [-0.25, -0.2) is 12.7 Å². The molecular formula is C20H21NO6S. The summed E-state index contributed by atoms with van der Waals surface area (Å²) in [5.74, 6) is 0.248. The molecule has 0 saturated heterocycles. The first kappa shape index (κ1) is 19.9. The number of amides is 1. The molecule has 0 fully saturated rings. The van der Waals surface area contributed by atoms with E-state index in [0.29, 0.717) is 22.2 Å². The Labute approximate surface area is 163 Å². The Morgan fingerprint density at radius 1 is 1.21 bits per heavy atom. The van der Waals surface area contributed by atoms with Crippen LogP contribution in [-0.4, -0.2) is 50.1 Å². The second kappa shape index (κ2) is 8.04. The molecule has 0 aliphatic carbocycles. The van der Waals surface area contributed by atoms with Crippen molar-refractivity contribution in [3.63, 3.8) is 0 Å². The number of carbonyl (C=O) groups is 1. The van der Waals surface area contributed by atoms with Crippen LogP contribution in [0.5, 0.6) is 11.5 Å². The van der Waals surface area contributed by atoms with E-state index in [1.807, 2.05) is 6.07 Å². The maximum Gasteiger partial charge on any atom is 0.269 e. The van der Waals surface area contributed by atoms with Gasteiger partial charge in [0.25, 0.3) is 15.9 Å². The van der Waals surface area contributed by atoms with Gasteiger partial charge in [-0.05, 0) is 36.2 Å². The SMILES string of the molecule is C=CCc1ccc(OCC(O)CN2C(=O)c3ccccc3S2(=O)=O)c(OC)c1. The zero-order valence-electron chi connectivity index (χ0n) is 15.4. The molecule has 0 aromatic heterocycles. The summed E-state index contributed by atoms with van der Waals surface area (Å²) in [5.41, 5.74) is 1.10. The van der Waals surface area contributed by atoms with Crippen LogP contribution in [0.4, 0.5) is 0 Å². The minimum atomic E-state index is -3.96. The molecule has 7 nitrogen and oxygen atoms in total. The van der Waals surface area contributed by atoms with Gasteiger partial charge in [-0.3, -0.25) is 4.79 Å². The van der Waals surface area contributed by atoms with Gasteiger partial charge in [0, 0.05) is 0 Å². The van der Waals surface area contributed by atoms with Gasteiger partial charge in [0.2, 0.25) is 0 Å². The lowest BCUT2D eigenvalue weighted by atomic mass is 10.1. The Hall–Kier alpha value is -2.84. The molecule has 1 aliphatic heterocycles. The van der Waals surface area contributed by atoms with Gasteiger partial charge in [-0.15, -0.1) is 6.58 Å². The second-order valence-corrected chi connectivity index (χ2v) is 8.11. The van der Waals surface area contributed by atoms with Gasteiger partial charge in [0.05, 0.1) is 19.2 Å². The van der Waals surface area contributed by atoms with Gasteiger partial charge >= 0.3 is 0 Å². The smallest absolute Gasteiger partial charge is 0.269 e. The van der Waals surface area contributed by atoms with E-state index in [0.717, 1.165) is 5.56 Å². The van der Waals surface area contributed by atoms with E-state index in [9.17, 15) is 18.3 Å². The number of allylic oxidation sites excluding steroid dienone is 1. The summed E-state index contributed by atoms with van der Waals surface area (Å²) in [6, 6.07) is 11.3. The molecule has 28 heavy (non-hydrogen) atoms. The molecule has 1 N–H and O–H groups in total. The summed E-state index contributed by atoms with van der Waals surface area (Å²) in [7, 11) is -2.46. The molecule has 1 amide bonds. The monoisotopic (exact) mass is 403 g/mol. The largest absolute Gasteiger partial charge is 0.493 e. The lowest BCUT2D eigenvalue weighted by Crippen LogP contribution is -2.39. The van der Waals surface area contributed by atoms with Crippen LogP contribution in [0.25, 0.3) is 0 Å². The number of aliphatic hydroxyl groups is 1. The van der Waals surface area contributed by atoms with Crippen molar-refractivity contribution in [2.24, 2.45) is 0 Å². The predicted octanol–water partition coefficient (Wildman–Crippen LogP) is 2.01. The summed E-state index contributed by atoms with van der Waals surface area (Å²) < 4.78 is 36.6. The Morgan fingerprint density at radius 2 is 1.96 bits per heavy atom. The molecule has 2 aromatic carbocycles. The number of benzene rings is 2. The zero-order chi connectivity index (χ0) is 20.3. The Balaban J connectivity index is 1.68. The maximum absolute atomic E-state index is 12.5. The molecule has 0 spiro atoms. The third-order valence-corrected chi connectivity index (χ3v) is 6.13. The number of ether oxygens (including phenoxy) is 2. The maximum atomic E-state index is 12.5. The average Bonchev–Trinajstić information content (AvgIpc) is 2.88. The molecule has 0 saturated carbocycles. The summed E-state index contributed by atoms with van der Waals surface area (Å²) in [6.07, 6.45) is 1.24. The third kappa shape index (κ3) is 3.74. The van der Waals surface area contributed by atoms with Crippen LogP contribution in [0.1, 0.15) is 15.9 Å². The molecule has 148 valence electrons. The highest BCUT2D eigenvalue weighted by molar-refractivity contribution is 7.90. The minimum Gasteiger partial charge on any atom is -0.493 e. The number of aliphatic hydroxyl groups excluding tert-OH is 1. The van der Waals surface area contributed by atoms with Crippen LogP contribution in [0.3, 0.4) is 0 Å². The van der Waals surface area contributed by atoms with E-state index >= 15 is 0 Å². The highest BCUT2D eigenvalue weighted by atomic mass is 32.2. The molecule has 0 radical (unpaired) electrons. The Kier molecular flexibility index (Phi) is 5.71. The van der Waals surface area contributed by atoms with Gasteiger partial charge < -0.3 is 14.6 Å². The molecule has 1 aliphatic rings. The van der Waals surface area contributed by atoms with Crippen LogP contribution < -0.4 is 9.47 Å². The van der Waals surface area contributed by atoms with Crippen LogP contribution in [0.2, 0.25) is 0 Å². The lowest BCUT2D eigenvalue weighted by molar-refractivity contribution is 0.0682. The number of sulfonamides is 1. The van der Waals surface area contributed by atoms with E-state index < -0.39 is 28.6 Å². The normalized spacial score (nSPS) is 15.8. The van der Waals surface area contributed by atoms with Crippen molar-refractivity contribution in [2.75, 3.05) is 20.3 Å². The topological polar surface area (TPSA) is 93.1 Å². The second-order valence-electron chi connectivity index (χ2n) is 6.28. The molecule has 1 atom stereocenters. The fourth-order valence-electron chi connectivity index (χ4n) is 2.97. The van der Waals surface area contributed by atoms with Gasteiger partial charge in [0.15, 0.2) is 11.5 Å². The van der Waals surface area contributed by atoms with Gasteiger partial charge in [-0.2, -0.15) is 0 Å². The minimum absolute atomic E-state index is 0.0485. The number of carbonyl (C=O) groups excluding carboxylic acids is 1. The molecule has 8 heteroatoms. The quantitative estimate of drug-likeness (QED) is 0.678. The number of methoxy groups -OCH3 is 1. The van der Waals surface area contributed by atoms with E-state index in [-0.39, 0.29) is 17.1 Å². The first-order valence-electron chi connectivity index (χ1n) is 8.63. The third-order valence-electron chi connectivity index (χ3n) is 4.33. The van der Waals surface area contributed by atoms with Gasteiger partial charge in [-0.1, -0.05) is 24.3 Å². The van der Waals surface area contributed by atoms with Crippen molar-refractivity contribution in [1.29, 1.82) is 0 Å². The summed E-state index contributed by atoms with van der Waals surface area (Å²) in [6.45, 7) is 3.09. The number of β-amino-alcohol motifs (C(OH)–C–C–N with tert-alkyl or cyclic N) is 1. The number of nitrogens with zero attached hydrogens (tertiary/aromatic N) is 1. The van der Waals surface area contributed by atoms with Crippen molar-refractivity contribution in [2.45, 2.75) is 17.4 Å². The van der Waals surface area contributed by atoms with Crippen molar-refractivity contribution in [3.8, 4) is 11.5 Å². The molecule has 2 aromatic rings. The first-order valence-corrected chi connectivity index (χ1v) is 10.1. The molecule has 1 unspecified atom stereocenters. The van der Waals surface area contributed by atoms with Crippen molar-refractivity contribution in [3.05, 3.63) is 66.2 Å². The number of rotatable bonds is 8. The molecular weight excluding hydrogens is 382 g/mol. The zero-order valence-corrected chi connectivity index (χ0v) is 16.2. The first-order chi connectivity index (χ1) is 13.4. The van der Waals surface area contributed by atoms with E-state index in [2.05, 4.69) is 6.58 Å². The number of hydrogen-bond donors (Lipinski definition) is 1. The van der Waals surface area contributed by atoms with Crippen LogP contribution in [0.15, 0.2) is 60.0 Å². The number of hydrogen-bond acceptors (Lipinski definition) is 6. The average molecular weight is 403 g/mol. The van der Waals surface area contributed by atoms with E-state index in [1.165, 1.54) is 19.2 Å². The Morgan fingerprint density at radius 3 is 2.64 bits per heavy atom. The lowest BCUT2D eigenvalue weighted by Gasteiger charge is -2.20. The van der Waals surface area contributed by atoms with E-state index in [1.54, 1.807) is 30.3 Å². The van der Waals surface area contributed by atoms with Crippen molar-refractivity contribution in [1.82, 2.24) is 4.31 Å². The van der Waals surface area contributed by atoms with Crippen molar-refractivity contribution < 1.29 is 27.8 Å². The van der Waals surface area contributed by atoms with Crippen LogP contribution in [0, 0.1) is 0 Å². The van der Waals surface area contributed by atoms with Crippen molar-refractivity contribution >= 4 is 15.9 Å². The van der Waals surface area contributed by atoms with E-state index in [4.69, 9.17) is 9.47 Å². The fourth-order valence-corrected chi connectivity index (χ4v) is 4.57. The highest BCUT2D eigenvalue weighted by Gasteiger charge is 2.41.